The lowest BCUT2D eigenvalue weighted by Crippen LogP contribution is -2.14. The van der Waals surface area contributed by atoms with Gasteiger partial charge in [0.05, 0.1) is 16.9 Å². The molecular formula is C23H22ClN5O2. The van der Waals surface area contributed by atoms with Crippen LogP contribution in [0.15, 0.2) is 79.5 Å². The number of aromatic nitrogens is 4. The summed E-state index contributed by atoms with van der Waals surface area (Å²) in [6, 6.07) is 14.8. The standard InChI is InChI=1S/C23H22ClN5O2/c24-20-6-1-2-7-22(20)31-17-18-8-9-25-21(14-18)23(30)27-19-15-26-29(16-19)13-5-12-28-10-3-4-11-28/h1-4,6-11,14-16H,5,12-13,17H2,(H,27,30). The van der Waals surface area contributed by atoms with Crippen molar-refractivity contribution in [3.63, 3.8) is 0 Å². The summed E-state index contributed by atoms with van der Waals surface area (Å²) in [4.78, 5) is 16.8. The van der Waals surface area contributed by atoms with Crippen molar-refractivity contribution in [1.29, 1.82) is 0 Å². The molecule has 7 nitrogen and oxygen atoms in total. The smallest absolute Gasteiger partial charge is 0.274 e. The lowest BCUT2D eigenvalue weighted by Gasteiger charge is -2.09. The molecule has 0 bridgehead atoms. The van der Waals surface area contributed by atoms with E-state index >= 15 is 0 Å². The van der Waals surface area contributed by atoms with Crippen molar-refractivity contribution in [2.75, 3.05) is 5.32 Å². The van der Waals surface area contributed by atoms with Crippen molar-refractivity contribution in [2.24, 2.45) is 0 Å². The molecule has 0 unspecified atom stereocenters. The molecule has 8 heteroatoms. The molecule has 4 rings (SSSR count). The molecule has 0 saturated carbocycles. The summed E-state index contributed by atoms with van der Waals surface area (Å²) in [5.41, 5.74) is 1.76. The number of pyridine rings is 1. The third-order valence-corrected chi connectivity index (χ3v) is 4.96. The fourth-order valence-electron chi connectivity index (χ4n) is 3.09. The molecule has 31 heavy (non-hydrogen) atoms. The van der Waals surface area contributed by atoms with Gasteiger partial charge in [0.1, 0.15) is 18.1 Å². The Kier molecular flexibility index (Phi) is 6.64. The van der Waals surface area contributed by atoms with Crippen molar-refractivity contribution >= 4 is 23.2 Å². The monoisotopic (exact) mass is 435 g/mol. The number of ether oxygens (including phenoxy) is 1. The molecule has 4 aromatic rings. The number of carbonyl (C=O) groups excluding carboxylic acids is 1. The van der Waals surface area contributed by atoms with E-state index in [1.807, 2.05) is 47.5 Å². The van der Waals surface area contributed by atoms with E-state index in [0.29, 0.717) is 22.2 Å². The van der Waals surface area contributed by atoms with Crippen LogP contribution >= 0.6 is 11.6 Å². The van der Waals surface area contributed by atoms with Crippen molar-refractivity contribution < 1.29 is 9.53 Å². The Balaban J connectivity index is 1.31. The number of rotatable bonds is 9. The van der Waals surface area contributed by atoms with Gasteiger partial charge in [-0.05, 0) is 48.4 Å². The normalized spacial score (nSPS) is 10.7. The van der Waals surface area contributed by atoms with Gasteiger partial charge in [0.15, 0.2) is 0 Å². The summed E-state index contributed by atoms with van der Waals surface area (Å²) in [5.74, 6) is 0.294. The predicted octanol–water partition coefficient (Wildman–Crippen LogP) is 4.65. The molecule has 3 aromatic heterocycles. The molecule has 1 aromatic carbocycles. The van der Waals surface area contributed by atoms with Crippen LogP contribution in [0, 0.1) is 0 Å². The summed E-state index contributed by atoms with van der Waals surface area (Å²) in [5, 5.41) is 7.69. The number of nitrogens with zero attached hydrogens (tertiary/aromatic N) is 4. The Hall–Kier alpha value is -3.58. The predicted molar refractivity (Wildman–Crippen MR) is 119 cm³/mol. The average Bonchev–Trinajstić information content (AvgIpc) is 3.46. The Morgan fingerprint density at radius 1 is 1.10 bits per heavy atom. The molecule has 1 amide bonds. The lowest BCUT2D eigenvalue weighted by molar-refractivity contribution is 0.102. The Morgan fingerprint density at radius 2 is 1.94 bits per heavy atom. The molecule has 0 atom stereocenters. The number of anilines is 1. The minimum Gasteiger partial charge on any atom is -0.487 e. The van der Waals surface area contributed by atoms with Crippen LogP contribution in [-0.2, 0) is 19.7 Å². The van der Waals surface area contributed by atoms with Gasteiger partial charge in [-0.1, -0.05) is 23.7 Å². The highest BCUT2D eigenvalue weighted by molar-refractivity contribution is 6.32. The van der Waals surface area contributed by atoms with Gasteiger partial charge >= 0.3 is 0 Å². The molecular weight excluding hydrogens is 414 g/mol. The molecule has 0 saturated heterocycles. The van der Waals surface area contributed by atoms with Crippen molar-refractivity contribution in [3.8, 4) is 5.75 Å². The highest BCUT2D eigenvalue weighted by Gasteiger charge is 2.11. The molecule has 1 N–H and O–H groups in total. The highest BCUT2D eigenvalue weighted by Crippen LogP contribution is 2.24. The van der Waals surface area contributed by atoms with Gasteiger partial charge in [-0.15, -0.1) is 0 Å². The minimum atomic E-state index is -0.300. The first-order valence-electron chi connectivity index (χ1n) is 9.94. The van der Waals surface area contributed by atoms with Crippen LogP contribution in [0.3, 0.4) is 0 Å². The second-order valence-corrected chi connectivity index (χ2v) is 7.40. The van der Waals surface area contributed by atoms with Crippen LogP contribution in [-0.4, -0.2) is 25.2 Å². The van der Waals surface area contributed by atoms with Crippen LogP contribution < -0.4 is 10.1 Å². The number of hydrogen-bond donors (Lipinski definition) is 1. The number of hydrogen-bond acceptors (Lipinski definition) is 4. The van der Waals surface area contributed by atoms with E-state index < -0.39 is 0 Å². The van der Waals surface area contributed by atoms with E-state index in [1.165, 1.54) is 0 Å². The fraction of sp³-hybridized carbons (Fsp3) is 0.174. The molecule has 0 aliphatic carbocycles. The number of benzene rings is 1. The van der Waals surface area contributed by atoms with E-state index in [1.54, 1.807) is 36.7 Å². The largest absolute Gasteiger partial charge is 0.487 e. The number of carbonyl (C=O) groups is 1. The van der Waals surface area contributed by atoms with Crippen molar-refractivity contribution in [1.82, 2.24) is 19.3 Å². The zero-order valence-corrected chi connectivity index (χ0v) is 17.6. The average molecular weight is 436 g/mol. The summed E-state index contributed by atoms with van der Waals surface area (Å²) in [7, 11) is 0. The molecule has 0 aliphatic rings. The summed E-state index contributed by atoms with van der Waals surface area (Å²) < 4.78 is 9.68. The minimum absolute atomic E-state index is 0.284. The molecule has 0 aliphatic heterocycles. The van der Waals surface area contributed by atoms with Crippen LogP contribution in [0.1, 0.15) is 22.5 Å². The topological polar surface area (TPSA) is 74.0 Å². The third-order valence-electron chi connectivity index (χ3n) is 4.65. The van der Waals surface area contributed by atoms with Gasteiger partial charge in [0, 0.05) is 37.9 Å². The first-order chi connectivity index (χ1) is 15.2. The zero-order chi connectivity index (χ0) is 21.5. The van der Waals surface area contributed by atoms with Gasteiger partial charge in [-0.2, -0.15) is 5.10 Å². The zero-order valence-electron chi connectivity index (χ0n) is 16.8. The number of amides is 1. The molecule has 3 heterocycles. The first-order valence-corrected chi connectivity index (χ1v) is 10.3. The van der Waals surface area contributed by atoms with Gasteiger partial charge < -0.3 is 14.6 Å². The lowest BCUT2D eigenvalue weighted by atomic mass is 10.2. The number of nitrogens with one attached hydrogen (secondary N) is 1. The maximum Gasteiger partial charge on any atom is 0.274 e. The fourth-order valence-corrected chi connectivity index (χ4v) is 3.28. The van der Waals surface area contributed by atoms with Gasteiger partial charge in [0.25, 0.3) is 5.91 Å². The summed E-state index contributed by atoms with van der Waals surface area (Å²) in [6.45, 7) is 1.97. The van der Waals surface area contributed by atoms with Crippen molar-refractivity contribution in [2.45, 2.75) is 26.1 Å². The number of aryl methyl sites for hydroxylation is 2. The van der Waals surface area contributed by atoms with Crippen LogP contribution in [0.25, 0.3) is 0 Å². The van der Waals surface area contributed by atoms with Crippen LogP contribution in [0.2, 0.25) is 5.02 Å². The maximum atomic E-state index is 12.6. The van der Waals surface area contributed by atoms with Crippen molar-refractivity contribution in [3.05, 3.63) is 95.8 Å². The Morgan fingerprint density at radius 3 is 2.77 bits per heavy atom. The first kappa shape index (κ1) is 20.7. The van der Waals surface area contributed by atoms with E-state index in [0.717, 1.165) is 25.1 Å². The number of halogens is 1. The third kappa shape index (κ3) is 5.73. The van der Waals surface area contributed by atoms with Crippen LogP contribution in [0.4, 0.5) is 5.69 Å². The van der Waals surface area contributed by atoms with E-state index in [-0.39, 0.29) is 12.5 Å². The molecule has 0 fully saturated rings. The van der Waals surface area contributed by atoms with E-state index in [9.17, 15) is 4.79 Å². The Bertz CT molecular complexity index is 1140. The SMILES string of the molecule is O=C(Nc1cnn(CCCn2cccc2)c1)c1cc(COc2ccccc2Cl)ccn1. The second-order valence-electron chi connectivity index (χ2n) is 6.99. The molecule has 0 spiro atoms. The van der Waals surface area contributed by atoms with Gasteiger partial charge in [-0.25, -0.2) is 0 Å². The molecule has 158 valence electrons. The molecule has 0 radical (unpaired) electrons. The number of para-hydroxylation sites is 1. The quantitative estimate of drug-likeness (QED) is 0.415. The Labute approximate surface area is 185 Å². The maximum absolute atomic E-state index is 12.6. The van der Waals surface area contributed by atoms with Gasteiger partial charge in [-0.3, -0.25) is 14.5 Å². The van der Waals surface area contributed by atoms with Gasteiger partial charge in [0.2, 0.25) is 0 Å². The van der Waals surface area contributed by atoms with E-state index in [2.05, 4.69) is 20.0 Å². The second kappa shape index (κ2) is 9.95. The summed E-state index contributed by atoms with van der Waals surface area (Å²) >= 11 is 6.11. The summed E-state index contributed by atoms with van der Waals surface area (Å²) in [6.07, 6.45) is 10.1. The van der Waals surface area contributed by atoms with Crippen LogP contribution in [0.5, 0.6) is 5.75 Å². The highest BCUT2D eigenvalue weighted by atomic mass is 35.5. The van der Waals surface area contributed by atoms with E-state index in [4.69, 9.17) is 16.3 Å².